The number of phosphoric ester groups is 1. The number of nitrogens with one attached hydrogen (secondary N) is 1. The molecule has 3 unspecified atom stereocenters. The van der Waals surface area contributed by atoms with Crippen molar-refractivity contribution >= 4 is 60.1 Å². The number of nitrogen functional groups attached to an aromatic ring is 2. The Labute approximate surface area is 328 Å². The number of ether oxygens (including phenoxy) is 3. The SMILES string of the molecule is CCOP1(=O)OC[C@@]23C[C@@H]2[C@@H](n2cnc4c(N)ncnc42)[C@H](O)[C@@H]3OP(=O)(SCOC(O)C(C)(C)C)OC[C@H]2O[C@@H](n3cnc4c(=O)[nH]c(N)nc43)[C@H](O1)[C@@H]2OC. The van der Waals surface area contributed by atoms with Crippen LogP contribution in [-0.4, -0.2) is 119 Å². The number of aliphatic hydroxyl groups is 2. The fourth-order valence-corrected chi connectivity index (χ4v) is 12.1. The fourth-order valence-electron chi connectivity index (χ4n) is 7.77. The van der Waals surface area contributed by atoms with E-state index in [-0.39, 0.29) is 42.1 Å². The third-order valence-corrected chi connectivity index (χ3v) is 15.5. The van der Waals surface area contributed by atoms with Gasteiger partial charge in [0.05, 0.1) is 38.5 Å². The van der Waals surface area contributed by atoms with Crippen LogP contribution in [0.3, 0.4) is 0 Å². The zero-order valence-corrected chi connectivity index (χ0v) is 34.0. The lowest BCUT2D eigenvalue weighted by molar-refractivity contribution is -0.144. The number of aromatic nitrogens is 8. The average Bonchev–Trinajstić information content (AvgIpc) is 3.44. The number of hydrogen-bond acceptors (Lipinski definition) is 21. The molecule has 4 aliphatic rings. The number of H-pyrrole nitrogens is 1. The summed E-state index contributed by atoms with van der Waals surface area (Å²) >= 11 is 0.654. The number of methoxy groups -OCH3 is 1. The first-order chi connectivity index (χ1) is 27.0. The van der Waals surface area contributed by atoms with Gasteiger partial charge in [-0.3, -0.25) is 37.0 Å². The van der Waals surface area contributed by atoms with E-state index in [0.29, 0.717) is 29.0 Å². The van der Waals surface area contributed by atoms with Crippen molar-refractivity contribution in [2.45, 2.75) is 83.2 Å². The number of aliphatic hydroxyl groups excluding tert-OH is 2. The number of nitrogens with two attached hydrogens (primary N) is 2. The highest BCUT2D eigenvalue weighted by atomic mass is 32.7. The van der Waals surface area contributed by atoms with E-state index in [1.165, 1.54) is 30.7 Å². The molecule has 8 rings (SSSR count). The highest BCUT2D eigenvalue weighted by Crippen LogP contribution is 2.74. The van der Waals surface area contributed by atoms with Crippen molar-refractivity contribution in [2.24, 2.45) is 16.7 Å². The van der Waals surface area contributed by atoms with Crippen LogP contribution in [0.5, 0.6) is 0 Å². The Balaban J connectivity index is 1.19. The Bertz CT molecular complexity index is 2310. The van der Waals surface area contributed by atoms with Crippen molar-refractivity contribution in [1.29, 1.82) is 0 Å². The molecule has 4 aromatic rings. The summed E-state index contributed by atoms with van der Waals surface area (Å²) in [6, 6.07) is -0.755. The molecule has 2 saturated heterocycles. The molecule has 2 aliphatic carbocycles. The van der Waals surface area contributed by atoms with Crippen LogP contribution < -0.4 is 17.0 Å². The van der Waals surface area contributed by atoms with Crippen molar-refractivity contribution in [3.63, 3.8) is 0 Å². The van der Waals surface area contributed by atoms with E-state index in [4.69, 9.17) is 48.3 Å². The molecule has 0 amide bonds. The van der Waals surface area contributed by atoms with Gasteiger partial charge in [-0.2, -0.15) is 4.98 Å². The van der Waals surface area contributed by atoms with Crippen molar-refractivity contribution in [2.75, 3.05) is 44.3 Å². The molecule has 57 heavy (non-hydrogen) atoms. The second-order valence-electron chi connectivity index (χ2n) is 15.3. The van der Waals surface area contributed by atoms with Crippen LogP contribution in [0.1, 0.15) is 46.4 Å². The minimum atomic E-state index is -4.54. The number of anilines is 2. The summed E-state index contributed by atoms with van der Waals surface area (Å²) < 4.78 is 81.2. The summed E-state index contributed by atoms with van der Waals surface area (Å²) in [6.45, 7) is 1.59. The number of nitrogens with zero attached hydrogens (tertiary/aromatic N) is 7. The standard InChI is InChI=1S/C31H44N10O13P2S/c1-6-49-55(45)51-9-31-7-14(31)18(40-11-36-16-23(32)34-10-35-24(16)40)19(42)22(31)54-56(46,57-13-48-28(44)30(2,3)4)50-8-15-20(47-5)21(53-55)27(52-15)41-12-37-17-25(41)38-29(33)39-26(17)43/h10-12,14-15,18-22,27-28,42,44H,6-9,13H2,1-5H3,(H2,32,34,35)(H3,33,38,39,43)/t14-,15-,18-,19+,20-,21-,22+,27-,28?,31+,55?,56?/m1/s1. The summed E-state index contributed by atoms with van der Waals surface area (Å²) in [5.41, 5.74) is 10.2. The maximum Gasteiger partial charge on any atom is 0.475 e. The minimum absolute atomic E-state index is 0.0197. The molecule has 4 aromatic heterocycles. The van der Waals surface area contributed by atoms with Gasteiger partial charge in [0.15, 0.2) is 35.1 Å². The first-order valence-electron chi connectivity index (χ1n) is 18.0. The predicted molar refractivity (Wildman–Crippen MR) is 200 cm³/mol. The lowest BCUT2D eigenvalue weighted by Crippen LogP contribution is -2.38. The summed E-state index contributed by atoms with van der Waals surface area (Å²) in [7, 11) is -3.19. The fraction of sp³-hybridized carbons (Fsp3) is 0.677. The molecule has 6 heterocycles. The van der Waals surface area contributed by atoms with E-state index in [9.17, 15) is 19.6 Å². The van der Waals surface area contributed by atoms with Crippen molar-refractivity contribution in [3.05, 3.63) is 29.3 Å². The normalized spacial score (nSPS) is 36.3. The van der Waals surface area contributed by atoms with E-state index in [0.717, 1.165) is 0 Å². The third-order valence-electron chi connectivity index (χ3n) is 10.7. The molecule has 1 spiro atoms. The van der Waals surface area contributed by atoms with Gasteiger partial charge in [0.1, 0.15) is 48.3 Å². The third kappa shape index (κ3) is 7.21. The monoisotopic (exact) mass is 858 g/mol. The van der Waals surface area contributed by atoms with Gasteiger partial charge in [-0.1, -0.05) is 20.8 Å². The molecule has 26 heteroatoms. The second-order valence-corrected chi connectivity index (χ2v) is 20.9. The molecule has 2 bridgehead atoms. The van der Waals surface area contributed by atoms with Crippen LogP contribution in [0.4, 0.5) is 11.8 Å². The Hall–Kier alpha value is -3.09. The number of aromatic amines is 1. The van der Waals surface area contributed by atoms with Gasteiger partial charge >= 0.3 is 14.6 Å². The lowest BCUT2D eigenvalue weighted by atomic mass is 9.96. The van der Waals surface area contributed by atoms with Gasteiger partial charge in [-0.25, -0.2) is 29.1 Å². The van der Waals surface area contributed by atoms with E-state index < -0.39 is 92.6 Å². The first-order valence-corrected chi connectivity index (χ1v) is 22.6. The molecule has 4 fully saturated rings. The van der Waals surface area contributed by atoms with Crippen LogP contribution in [-0.2, 0) is 46.0 Å². The topological polar surface area (TPSA) is 308 Å². The molecule has 2 saturated carbocycles. The maximum atomic E-state index is 15.0. The molecular formula is C31H44N10O13P2S. The molecular weight excluding hydrogens is 814 g/mol. The number of phosphoric acid groups is 1. The molecule has 12 atom stereocenters. The quantitative estimate of drug-likeness (QED) is 0.119. The van der Waals surface area contributed by atoms with Crippen LogP contribution in [0.2, 0.25) is 0 Å². The van der Waals surface area contributed by atoms with Crippen molar-refractivity contribution < 1.29 is 56.2 Å². The number of hydrogen-bond donors (Lipinski definition) is 5. The summed E-state index contributed by atoms with van der Waals surface area (Å²) in [4.78, 5) is 36.2. The van der Waals surface area contributed by atoms with Gasteiger partial charge in [0.2, 0.25) is 5.95 Å². The largest absolute Gasteiger partial charge is 0.475 e. The van der Waals surface area contributed by atoms with Crippen LogP contribution in [0.25, 0.3) is 22.3 Å². The van der Waals surface area contributed by atoms with Gasteiger partial charge in [0, 0.05) is 17.9 Å². The van der Waals surface area contributed by atoms with Gasteiger partial charge in [-0.15, -0.1) is 0 Å². The highest BCUT2D eigenvalue weighted by Gasteiger charge is 2.74. The lowest BCUT2D eigenvalue weighted by Gasteiger charge is -2.32. The molecule has 0 radical (unpaired) electrons. The Morgan fingerprint density at radius 2 is 1.86 bits per heavy atom. The van der Waals surface area contributed by atoms with Crippen molar-refractivity contribution in [1.82, 2.24) is 39.0 Å². The van der Waals surface area contributed by atoms with Crippen LogP contribution >= 0.6 is 26.0 Å². The number of fused-ring (bicyclic) bond motifs is 4. The average molecular weight is 859 g/mol. The first kappa shape index (κ1) is 40.7. The van der Waals surface area contributed by atoms with Gasteiger partial charge in [0.25, 0.3) is 5.56 Å². The van der Waals surface area contributed by atoms with E-state index in [1.54, 1.807) is 32.3 Å². The summed E-state index contributed by atoms with van der Waals surface area (Å²) in [5, 5.41) is 22.7. The van der Waals surface area contributed by atoms with E-state index in [1.807, 2.05) is 0 Å². The van der Waals surface area contributed by atoms with Crippen LogP contribution in [0, 0.1) is 16.7 Å². The highest BCUT2D eigenvalue weighted by molar-refractivity contribution is 8.55. The minimum Gasteiger partial charge on any atom is -0.388 e. The zero-order chi connectivity index (χ0) is 40.7. The summed E-state index contributed by atoms with van der Waals surface area (Å²) in [6.07, 6.45) is -4.23. The Morgan fingerprint density at radius 3 is 2.60 bits per heavy atom. The molecule has 0 aromatic carbocycles. The van der Waals surface area contributed by atoms with Gasteiger partial charge < -0.3 is 40.5 Å². The Morgan fingerprint density at radius 1 is 1.11 bits per heavy atom. The molecule has 7 N–H and O–H groups in total. The molecule has 2 aliphatic heterocycles. The molecule has 23 nitrogen and oxygen atoms in total. The maximum absolute atomic E-state index is 15.0. The van der Waals surface area contributed by atoms with Gasteiger partial charge in [-0.05, 0) is 30.6 Å². The summed E-state index contributed by atoms with van der Waals surface area (Å²) in [5.74, 6) is -0.821. The van der Waals surface area contributed by atoms with E-state index >= 15 is 4.57 Å². The smallest absolute Gasteiger partial charge is 0.388 e. The molecule has 312 valence electrons. The van der Waals surface area contributed by atoms with Crippen molar-refractivity contribution in [3.8, 4) is 0 Å². The Kier molecular flexibility index (Phi) is 10.6. The number of imidazole rings is 2. The predicted octanol–water partition coefficient (Wildman–Crippen LogP) is 2.10. The van der Waals surface area contributed by atoms with Crippen LogP contribution in [0.15, 0.2) is 23.8 Å². The van der Waals surface area contributed by atoms with E-state index in [2.05, 4.69) is 29.9 Å². The second kappa shape index (κ2) is 14.9. The zero-order valence-electron chi connectivity index (χ0n) is 31.4. The number of rotatable bonds is 9.